The zero-order chi connectivity index (χ0) is 14.7. The summed E-state index contributed by atoms with van der Waals surface area (Å²) in [7, 11) is -4.20. The molecule has 0 atom stereocenters. The average Bonchev–Trinajstić information content (AvgIpc) is 2.11. The number of hydrogen-bond acceptors (Lipinski definition) is 6. The number of azide groups is 1. The first kappa shape index (κ1) is 15.5. The maximum absolute atomic E-state index is 12.4. The number of nitrogens with zero attached hydrogens (tertiary/aromatic N) is 3. The monoisotopic (exact) mass is 329 g/mol. The standard InChI is InChI=1S/C7H5ClFN3O5S2/c8-18(13,14)4-5-1-6(11-12-10)3-7(2-5)17-19(9,15)16/h1-3H,4H2. The molecule has 0 unspecified atom stereocenters. The second kappa shape index (κ2) is 5.61. The number of hydrogen-bond donors (Lipinski definition) is 0. The summed E-state index contributed by atoms with van der Waals surface area (Å²) in [6.45, 7) is 0. The van der Waals surface area contributed by atoms with Gasteiger partial charge in [-0.2, -0.15) is 8.42 Å². The predicted molar refractivity (Wildman–Crippen MR) is 64.4 cm³/mol. The second-order valence-electron chi connectivity index (χ2n) is 3.18. The Bertz CT molecular complexity index is 690. The topological polar surface area (TPSA) is 126 Å². The van der Waals surface area contributed by atoms with Gasteiger partial charge in [-0.05, 0) is 29.3 Å². The van der Waals surface area contributed by atoms with Gasteiger partial charge in [0.15, 0.2) is 0 Å². The number of benzene rings is 1. The van der Waals surface area contributed by atoms with Gasteiger partial charge in [0.2, 0.25) is 9.05 Å². The van der Waals surface area contributed by atoms with Gasteiger partial charge in [0.25, 0.3) is 0 Å². The largest absolute Gasteiger partial charge is 0.488 e. The summed E-state index contributed by atoms with van der Waals surface area (Å²) in [6.07, 6.45) is 0. The zero-order valence-electron chi connectivity index (χ0n) is 8.89. The van der Waals surface area contributed by atoms with Crippen LogP contribution in [-0.2, 0) is 25.3 Å². The Morgan fingerprint density at radius 1 is 1.32 bits per heavy atom. The lowest BCUT2D eigenvalue weighted by Crippen LogP contribution is -2.02. The predicted octanol–water partition coefficient (Wildman–Crippen LogP) is 2.29. The van der Waals surface area contributed by atoms with E-state index in [2.05, 4.69) is 14.2 Å². The fourth-order valence-electron chi connectivity index (χ4n) is 1.20. The van der Waals surface area contributed by atoms with Gasteiger partial charge in [0.1, 0.15) is 5.75 Å². The zero-order valence-corrected chi connectivity index (χ0v) is 11.3. The van der Waals surface area contributed by atoms with Crippen molar-refractivity contribution < 1.29 is 24.9 Å². The molecule has 0 N–H and O–H groups in total. The minimum absolute atomic E-state index is 0.0291. The van der Waals surface area contributed by atoms with E-state index in [9.17, 15) is 20.7 Å². The van der Waals surface area contributed by atoms with E-state index in [4.69, 9.17) is 16.2 Å². The van der Waals surface area contributed by atoms with Crippen molar-refractivity contribution in [1.82, 2.24) is 0 Å². The van der Waals surface area contributed by atoms with Crippen molar-refractivity contribution in [2.75, 3.05) is 0 Å². The molecule has 104 valence electrons. The maximum atomic E-state index is 12.4. The van der Waals surface area contributed by atoms with Crippen molar-refractivity contribution in [3.8, 4) is 5.75 Å². The van der Waals surface area contributed by atoms with E-state index >= 15 is 0 Å². The van der Waals surface area contributed by atoms with Gasteiger partial charge in [0, 0.05) is 21.3 Å². The molecule has 0 fully saturated rings. The summed E-state index contributed by atoms with van der Waals surface area (Å²) in [6, 6.07) is 2.99. The summed E-state index contributed by atoms with van der Waals surface area (Å²) in [5.41, 5.74) is 8.06. The van der Waals surface area contributed by atoms with Gasteiger partial charge < -0.3 is 4.18 Å². The van der Waals surface area contributed by atoms with E-state index in [0.717, 1.165) is 18.2 Å². The molecule has 0 aliphatic carbocycles. The lowest BCUT2D eigenvalue weighted by atomic mass is 10.2. The van der Waals surface area contributed by atoms with Gasteiger partial charge in [0.05, 0.1) is 5.75 Å². The Morgan fingerprint density at radius 2 is 1.95 bits per heavy atom. The summed E-state index contributed by atoms with van der Waals surface area (Å²) >= 11 is 0. The fourth-order valence-corrected chi connectivity index (χ4v) is 2.47. The van der Waals surface area contributed by atoms with Crippen LogP contribution in [0.4, 0.5) is 9.57 Å². The molecular formula is C7H5ClFN3O5S2. The van der Waals surface area contributed by atoms with Crippen molar-refractivity contribution in [3.05, 3.63) is 34.2 Å². The Labute approximate surface area is 112 Å². The van der Waals surface area contributed by atoms with Gasteiger partial charge in [-0.25, -0.2) is 8.42 Å². The number of halogens is 2. The summed E-state index contributed by atoms with van der Waals surface area (Å²) < 4.78 is 58.7. The summed E-state index contributed by atoms with van der Waals surface area (Å²) in [5, 5.41) is 3.13. The molecule has 0 aliphatic rings. The van der Waals surface area contributed by atoms with Crippen LogP contribution in [0.5, 0.6) is 5.75 Å². The Morgan fingerprint density at radius 3 is 2.42 bits per heavy atom. The molecule has 19 heavy (non-hydrogen) atoms. The SMILES string of the molecule is [N-]=[N+]=Nc1cc(CS(=O)(=O)Cl)cc(OS(=O)(=O)F)c1. The van der Waals surface area contributed by atoms with Crippen molar-refractivity contribution in [2.24, 2.45) is 5.11 Å². The van der Waals surface area contributed by atoms with Crippen LogP contribution in [-0.4, -0.2) is 16.8 Å². The molecule has 0 aromatic heterocycles. The highest BCUT2D eigenvalue weighted by atomic mass is 35.7. The molecule has 0 radical (unpaired) electrons. The molecule has 1 rings (SSSR count). The minimum Gasteiger partial charge on any atom is -0.358 e. The van der Waals surface area contributed by atoms with Gasteiger partial charge >= 0.3 is 10.5 Å². The first-order valence-corrected chi connectivity index (χ1v) is 8.13. The minimum atomic E-state index is -5.29. The van der Waals surface area contributed by atoms with E-state index in [1.165, 1.54) is 0 Å². The summed E-state index contributed by atoms with van der Waals surface area (Å²) in [5.74, 6) is -1.21. The third-order valence-electron chi connectivity index (χ3n) is 1.65. The van der Waals surface area contributed by atoms with E-state index in [-0.39, 0.29) is 11.3 Å². The third kappa shape index (κ3) is 6.25. The van der Waals surface area contributed by atoms with E-state index in [1.807, 2.05) is 0 Å². The van der Waals surface area contributed by atoms with E-state index in [0.29, 0.717) is 0 Å². The van der Waals surface area contributed by atoms with Crippen molar-refractivity contribution in [2.45, 2.75) is 5.75 Å². The Balaban J connectivity index is 3.29. The van der Waals surface area contributed by atoms with Crippen LogP contribution in [0.1, 0.15) is 5.56 Å². The smallest absolute Gasteiger partial charge is 0.358 e. The molecule has 8 nitrogen and oxygen atoms in total. The molecule has 1 aromatic rings. The first-order chi connectivity index (χ1) is 8.59. The highest BCUT2D eigenvalue weighted by Gasteiger charge is 2.14. The van der Waals surface area contributed by atoms with Crippen molar-refractivity contribution >= 4 is 35.9 Å². The van der Waals surface area contributed by atoms with Crippen LogP contribution in [0, 0.1) is 0 Å². The summed E-state index contributed by atoms with van der Waals surface area (Å²) in [4.78, 5) is 2.42. The van der Waals surface area contributed by atoms with Gasteiger partial charge in [-0.1, -0.05) is 9.00 Å². The number of rotatable bonds is 5. The lowest BCUT2D eigenvalue weighted by Gasteiger charge is -2.05. The van der Waals surface area contributed by atoms with Crippen LogP contribution in [0.15, 0.2) is 23.3 Å². The average molecular weight is 330 g/mol. The van der Waals surface area contributed by atoms with Crippen LogP contribution < -0.4 is 4.18 Å². The van der Waals surface area contributed by atoms with Crippen LogP contribution in [0.25, 0.3) is 10.4 Å². The second-order valence-corrected chi connectivity index (χ2v) is 6.91. The molecule has 12 heteroatoms. The molecule has 0 spiro atoms. The van der Waals surface area contributed by atoms with Crippen molar-refractivity contribution in [3.63, 3.8) is 0 Å². The van der Waals surface area contributed by atoms with Crippen LogP contribution >= 0.6 is 10.7 Å². The van der Waals surface area contributed by atoms with Crippen molar-refractivity contribution in [1.29, 1.82) is 0 Å². The van der Waals surface area contributed by atoms with Gasteiger partial charge in [-0.15, -0.1) is 0 Å². The molecule has 0 saturated carbocycles. The molecule has 0 heterocycles. The Kier molecular flexibility index (Phi) is 4.58. The maximum Gasteiger partial charge on any atom is 0.488 e. The molecule has 0 amide bonds. The molecule has 1 aromatic carbocycles. The quantitative estimate of drug-likeness (QED) is 0.354. The molecule has 0 saturated heterocycles. The molecule has 0 bridgehead atoms. The Hall–Kier alpha value is -1.55. The highest BCUT2D eigenvalue weighted by molar-refractivity contribution is 8.13. The first-order valence-electron chi connectivity index (χ1n) is 4.34. The normalized spacial score (nSPS) is 11.7. The van der Waals surface area contributed by atoms with E-state index in [1.54, 1.807) is 0 Å². The fraction of sp³-hybridized carbons (Fsp3) is 0.143. The van der Waals surface area contributed by atoms with Gasteiger partial charge in [-0.3, -0.25) is 0 Å². The molecule has 0 aliphatic heterocycles. The van der Waals surface area contributed by atoms with Crippen LogP contribution in [0.2, 0.25) is 0 Å². The third-order valence-corrected chi connectivity index (χ3v) is 3.04. The van der Waals surface area contributed by atoms with E-state index < -0.39 is 31.1 Å². The van der Waals surface area contributed by atoms with Crippen LogP contribution in [0.3, 0.4) is 0 Å². The lowest BCUT2D eigenvalue weighted by molar-refractivity contribution is 0.440. The molecular weight excluding hydrogens is 325 g/mol. The highest BCUT2D eigenvalue weighted by Crippen LogP contribution is 2.26.